The molecule has 0 bridgehead atoms. The first-order valence-corrected chi connectivity index (χ1v) is 3.78. The Balaban J connectivity index is 3.20. The van der Waals surface area contributed by atoms with Crippen molar-refractivity contribution in [3.8, 4) is 5.75 Å². The van der Waals surface area contributed by atoms with Gasteiger partial charge in [0.1, 0.15) is 5.75 Å². The van der Waals surface area contributed by atoms with Gasteiger partial charge in [0.25, 0.3) is 0 Å². The van der Waals surface area contributed by atoms with Crippen molar-refractivity contribution in [2.75, 3.05) is 0 Å². The first-order valence-electron chi connectivity index (χ1n) is 3.78. The van der Waals surface area contributed by atoms with Gasteiger partial charge in [0.2, 0.25) is 0 Å². The third-order valence-electron chi connectivity index (χ3n) is 1.73. The van der Waals surface area contributed by atoms with Crippen LogP contribution in [0, 0.1) is 5.41 Å². The molecule has 0 saturated heterocycles. The zero-order chi connectivity index (χ0) is 10.9. The smallest absolute Gasteiger partial charge is 0.416 e. The molecule has 0 atom stereocenters. The van der Waals surface area contributed by atoms with E-state index < -0.39 is 17.5 Å². The molecule has 0 aromatic heterocycles. The molecule has 1 aromatic carbocycles. The Morgan fingerprint density at radius 2 is 1.93 bits per heavy atom. The highest BCUT2D eigenvalue weighted by Gasteiger charge is 2.31. The number of hydrogen-bond acceptors (Lipinski definition) is 2. The van der Waals surface area contributed by atoms with Gasteiger partial charge in [-0.2, -0.15) is 13.2 Å². The van der Waals surface area contributed by atoms with Crippen LogP contribution in [0.3, 0.4) is 0 Å². The van der Waals surface area contributed by atoms with Gasteiger partial charge in [0, 0.05) is 11.3 Å². The second-order valence-corrected chi connectivity index (χ2v) is 2.85. The van der Waals surface area contributed by atoms with Gasteiger partial charge in [-0.15, -0.1) is 0 Å². The molecule has 0 amide bonds. The normalized spacial score (nSPS) is 11.4. The molecule has 5 heteroatoms. The molecule has 0 spiro atoms. The highest BCUT2D eigenvalue weighted by molar-refractivity contribution is 5.98. The molecule has 0 heterocycles. The number of phenolic OH excluding ortho intramolecular Hbond substituents is 1. The number of nitrogens with one attached hydrogen (secondary N) is 1. The van der Waals surface area contributed by atoms with Crippen LogP contribution in [0.4, 0.5) is 13.2 Å². The maximum atomic E-state index is 12.1. The van der Waals surface area contributed by atoms with E-state index >= 15 is 0 Å². The predicted octanol–water partition coefficient (Wildman–Crippen LogP) is 2.80. The quantitative estimate of drug-likeness (QED) is 0.677. The predicted molar refractivity (Wildman–Crippen MR) is 45.6 cm³/mol. The van der Waals surface area contributed by atoms with Crippen molar-refractivity contribution >= 4 is 5.71 Å². The van der Waals surface area contributed by atoms with Crippen LogP contribution in [0.2, 0.25) is 0 Å². The fourth-order valence-electron chi connectivity index (χ4n) is 1.03. The molecule has 2 N–H and O–H groups in total. The molecule has 1 rings (SSSR count). The van der Waals surface area contributed by atoms with Gasteiger partial charge < -0.3 is 10.5 Å². The van der Waals surface area contributed by atoms with Crippen molar-refractivity contribution in [1.82, 2.24) is 0 Å². The number of aromatic hydroxyl groups is 1. The average molecular weight is 203 g/mol. The van der Waals surface area contributed by atoms with E-state index in [2.05, 4.69) is 0 Å². The molecule has 2 nitrogen and oxygen atoms in total. The third-order valence-corrected chi connectivity index (χ3v) is 1.73. The summed E-state index contributed by atoms with van der Waals surface area (Å²) < 4.78 is 36.4. The number of halogens is 3. The lowest BCUT2D eigenvalue weighted by Gasteiger charge is -2.08. The summed E-state index contributed by atoms with van der Waals surface area (Å²) >= 11 is 0. The monoisotopic (exact) mass is 203 g/mol. The van der Waals surface area contributed by atoms with Crippen LogP contribution in [0.5, 0.6) is 5.75 Å². The van der Waals surface area contributed by atoms with Gasteiger partial charge in [0.05, 0.1) is 5.56 Å². The summed E-state index contributed by atoms with van der Waals surface area (Å²) in [6.07, 6.45) is -4.47. The summed E-state index contributed by atoms with van der Waals surface area (Å²) in [5.41, 5.74) is -0.783. The summed E-state index contributed by atoms with van der Waals surface area (Å²) in [7, 11) is 0. The first-order chi connectivity index (χ1) is 6.32. The number of alkyl halides is 3. The van der Waals surface area contributed by atoms with Crippen molar-refractivity contribution in [3.63, 3.8) is 0 Å². The Labute approximate surface area is 78.5 Å². The molecule has 0 radical (unpaired) electrons. The maximum Gasteiger partial charge on any atom is 0.416 e. The Hall–Kier alpha value is -1.52. The molecule has 14 heavy (non-hydrogen) atoms. The summed E-state index contributed by atoms with van der Waals surface area (Å²) in [6, 6.07) is 2.54. The van der Waals surface area contributed by atoms with Gasteiger partial charge in [0.15, 0.2) is 0 Å². The zero-order valence-corrected chi connectivity index (χ0v) is 7.31. The minimum Gasteiger partial charge on any atom is -0.507 e. The van der Waals surface area contributed by atoms with E-state index in [0.717, 1.165) is 12.1 Å². The second kappa shape index (κ2) is 3.32. The van der Waals surface area contributed by atoms with Crippen LogP contribution < -0.4 is 0 Å². The SMILES string of the molecule is CC(=N)c1ccc(C(F)(F)F)cc1O. The van der Waals surface area contributed by atoms with Crippen LogP contribution in [0.15, 0.2) is 18.2 Å². The van der Waals surface area contributed by atoms with Crippen molar-refractivity contribution in [2.45, 2.75) is 13.1 Å². The third kappa shape index (κ3) is 2.04. The molecular weight excluding hydrogens is 195 g/mol. The number of hydrogen-bond donors (Lipinski definition) is 2. The number of phenols is 1. The lowest BCUT2D eigenvalue weighted by molar-refractivity contribution is -0.137. The van der Waals surface area contributed by atoms with Crippen molar-refractivity contribution in [3.05, 3.63) is 29.3 Å². The molecule has 0 unspecified atom stereocenters. The highest BCUT2D eigenvalue weighted by Crippen LogP contribution is 2.32. The fraction of sp³-hybridized carbons (Fsp3) is 0.222. The molecule has 0 fully saturated rings. The van der Waals surface area contributed by atoms with E-state index in [1.165, 1.54) is 6.92 Å². The second-order valence-electron chi connectivity index (χ2n) is 2.85. The summed E-state index contributed by atoms with van der Waals surface area (Å²) in [6.45, 7) is 1.39. The van der Waals surface area contributed by atoms with E-state index in [9.17, 15) is 18.3 Å². The fourth-order valence-corrected chi connectivity index (χ4v) is 1.03. The first kappa shape index (κ1) is 10.6. The lowest BCUT2D eigenvalue weighted by atomic mass is 10.1. The topological polar surface area (TPSA) is 44.1 Å². The molecule has 0 saturated carbocycles. The number of rotatable bonds is 1. The van der Waals surface area contributed by atoms with Gasteiger partial charge in [-0.25, -0.2) is 0 Å². The molecule has 0 aliphatic carbocycles. The van der Waals surface area contributed by atoms with E-state index in [1.807, 2.05) is 0 Å². The largest absolute Gasteiger partial charge is 0.507 e. The minimum atomic E-state index is -4.47. The molecule has 0 aliphatic heterocycles. The Bertz CT molecular complexity index is 371. The van der Waals surface area contributed by atoms with E-state index in [-0.39, 0.29) is 11.3 Å². The van der Waals surface area contributed by atoms with Crippen molar-refractivity contribution in [2.24, 2.45) is 0 Å². The van der Waals surface area contributed by atoms with Crippen LogP contribution in [-0.2, 0) is 6.18 Å². The van der Waals surface area contributed by atoms with Crippen molar-refractivity contribution in [1.29, 1.82) is 5.41 Å². The Morgan fingerprint density at radius 3 is 2.29 bits per heavy atom. The summed E-state index contributed by atoms with van der Waals surface area (Å²) in [5.74, 6) is -0.521. The standard InChI is InChI=1S/C9H8F3NO/c1-5(13)7-3-2-6(4-8(7)14)9(10,11)12/h2-4,13-14H,1H3. The lowest BCUT2D eigenvalue weighted by Crippen LogP contribution is -2.05. The van der Waals surface area contributed by atoms with Gasteiger partial charge in [-0.05, 0) is 25.1 Å². The average Bonchev–Trinajstić information content (AvgIpc) is 2.01. The van der Waals surface area contributed by atoms with Crippen LogP contribution >= 0.6 is 0 Å². The zero-order valence-electron chi connectivity index (χ0n) is 7.31. The van der Waals surface area contributed by atoms with E-state index in [4.69, 9.17) is 5.41 Å². The molecular formula is C9H8F3NO. The van der Waals surface area contributed by atoms with Gasteiger partial charge in [-0.1, -0.05) is 0 Å². The maximum absolute atomic E-state index is 12.1. The van der Waals surface area contributed by atoms with Crippen molar-refractivity contribution < 1.29 is 18.3 Å². The summed E-state index contributed by atoms with van der Waals surface area (Å²) in [5, 5.41) is 16.3. The Morgan fingerprint density at radius 1 is 1.36 bits per heavy atom. The Kier molecular flexibility index (Phi) is 2.51. The molecule has 0 aliphatic rings. The number of benzene rings is 1. The van der Waals surface area contributed by atoms with Crippen LogP contribution in [-0.4, -0.2) is 10.8 Å². The summed E-state index contributed by atoms with van der Waals surface area (Å²) in [4.78, 5) is 0. The molecule has 1 aromatic rings. The van der Waals surface area contributed by atoms with E-state index in [1.54, 1.807) is 0 Å². The highest BCUT2D eigenvalue weighted by atomic mass is 19.4. The molecule has 76 valence electrons. The minimum absolute atomic E-state index is 0.0243. The van der Waals surface area contributed by atoms with Gasteiger partial charge >= 0.3 is 6.18 Å². The van der Waals surface area contributed by atoms with Gasteiger partial charge in [-0.3, -0.25) is 0 Å². The van der Waals surface area contributed by atoms with Crippen LogP contribution in [0.1, 0.15) is 18.1 Å². The van der Waals surface area contributed by atoms with E-state index in [0.29, 0.717) is 6.07 Å². The van der Waals surface area contributed by atoms with Crippen LogP contribution in [0.25, 0.3) is 0 Å².